The summed E-state index contributed by atoms with van der Waals surface area (Å²) < 4.78 is 2.41. The second-order valence-corrected chi connectivity index (χ2v) is 15.7. The quantitative estimate of drug-likeness (QED) is 0.153. The molecule has 0 saturated carbocycles. The Bertz CT molecular complexity index is 3480. The van der Waals surface area contributed by atoms with E-state index in [1.165, 1.54) is 87.1 Å². The van der Waals surface area contributed by atoms with Gasteiger partial charge in [-0.1, -0.05) is 164 Å². The number of anilines is 3. The molecule has 0 fully saturated rings. The average Bonchev–Trinajstić information content (AvgIpc) is 3.66. The molecule has 0 amide bonds. The van der Waals surface area contributed by atoms with Crippen molar-refractivity contribution in [1.29, 1.82) is 0 Å². The molecule has 0 bridgehead atoms. The highest BCUT2D eigenvalue weighted by atomic mass is 15.1. The predicted octanol–water partition coefficient (Wildman–Crippen LogP) is 16.2. The van der Waals surface area contributed by atoms with E-state index < -0.39 is 0 Å². The number of hydrogen-bond donors (Lipinski definition) is 0. The van der Waals surface area contributed by atoms with E-state index in [0.29, 0.717) is 0 Å². The maximum atomic E-state index is 2.42. The zero-order chi connectivity index (χ0) is 39.6. The standard InChI is InChI=1S/C58H38N2/c1-3-13-39(14-4-1)42-29-34-56-55(38-42)58-54(23-12-24-57(58)60(56)46-18-5-2-6-19-46)43-17-11-20-47(35-43)59(48-30-32-52-44(36-48)27-25-40-15-7-9-21-50(40)52)49-31-33-53-45(37-49)28-26-41-16-8-10-22-51(41)53/h1-38H. The molecule has 1 aromatic heterocycles. The fourth-order valence-corrected chi connectivity index (χ4v) is 9.52. The first-order valence-corrected chi connectivity index (χ1v) is 20.7. The summed E-state index contributed by atoms with van der Waals surface area (Å²) in [5.41, 5.74) is 11.6. The lowest BCUT2D eigenvalue weighted by Crippen LogP contribution is -2.10. The van der Waals surface area contributed by atoms with Crippen LogP contribution in [0.1, 0.15) is 0 Å². The summed E-state index contributed by atoms with van der Waals surface area (Å²) in [6.45, 7) is 0. The van der Waals surface area contributed by atoms with E-state index in [1.54, 1.807) is 0 Å². The van der Waals surface area contributed by atoms with Crippen molar-refractivity contribution < 1.29 is 0 Å². The number of benzene rings is 11. The third-order valence-corrected chi connectivity index (χ3v) is 12.3. The highest BCUT2D eigenvalue weighted by Crippen LogP contribution is 2.44. The molecule has 12 aromatic rings. The Labute approximate surface area is 348 Å². The topological polar surface area (TPSA) is 8.17 Å². The van der Waals surface area contributed by atoms with Crippen molar-refractivity contribution in [3.05, 3.63) is 231 Å². The first-order valence-electron chi connectivity index (χ1n) is 20.7. The molecule has 0 aliphatic heterocycles. The van der Waals surface area contributed by atoms with E-state index in [9.17, 15) is 0 Å². The second-order valence-electron chi connectivity index (χ2n) is 15.7. The van der Waals surface area contributed by atoms with E-state index in [1.807, 2.05) is 0 Å². The number of para-hydroxylation sites is 1. The highest BCUT2D eigenvalue weighted by molar-refractivity contribution is 6.17. The summed E-state index contributed by atoms with van der Waals surface area (Å²) in [7, 11) is 0. The van der Waals surface area contributed by atoms with Crippen LogP contribution in [0.15, 0.2) is 231 Å². The van der Waals surface area contributed by atoms with Gasteiger partial charge in [-0.05, 0) is 132 Å². The van der Waals surface area contributed by atoms with Gasteiger partial charge >= 0.3 is 0 Å². The van der Waals surface area contributed by atoms with Gasteiger partial charge in [-0.2, -0.15) is 0 Å². The third kappa shape index (κ3) is 5.57. The van der Waals surface area contributed by atoms with Crippen molar-refractivity contribution in [3.63, 3.8) is 0 Å². The SMILES string of the molecule is c1ccc(-c2ccc3c(c2)c2c(-c4cccc(N(c5ccc6c(ccc7ccccc76)c5)c5ccc6c(ccc7ccccc76)c5)c4)cccc2n3-c2ccccc2)cc1. The monoisotopic (exact) mass is 762 g/mol. The minimum atomic E-state index is 1.10. The average molecular weight is 763 g/mol. The van der Waals surface area contributed by atoms with Crippen molar-refractivity contribution in [2.24, 2.45) is 0 Å². The Morgan fingerprint density at radius 3 is 1.52 bits per heavy atom. The van der Waals surface area contributed by atoms with E-state index in [-0.39, 0.29) is 0 Å². The summed E-state index contributed by atoms with van der Waals surface area (Å²) in [5.74, 6) is 0. The van der Waals surface area contributed by atoms with Crippen LogP contribution in [-0.2, 0) is 0 Å². The molecular weight excluding hydrogens is 725 g/mol. The maximum Gasteiger partial charge on any atom is 0.0547 e. The Balaban J connectivity index is 1.08. The summed E-state index contributed by atoms with van der Waals surface area (Å²) in [6, 6.07) is 84.4. The zero-order valence-electron chi connectivity index (χ0n) is 32.8. The van der Waals surface area contributed by atoms with E-state index >= 15 is 0 Å². The van der Waals surface area contributed by atoms with Crippen LogP contribution in [0.4, 0.5) is 17.1 Å². The number of aromatic nitrogens is 1. The summed E-state index contributed by atoms with van der Waals surface area (Å²) >= 11 is 0. The molecule has 2 nitrogen and oxygen atoms in total. The second kappa shape index (κ2) is 13.9. The molecule has 12 rings (SSSR count). The van der Waals surface area contributed by atoms with Crippen molar-refractivity contribution in [2.45, 2.75) is 0 Å². The predicted molar refractivity (Wildman–Crippen MR) is 256 cm³/mol. The van der Waals surface area contributed by atoms with Gasteiger partial charge in [0.2, 0.25) is 0 Å². The smallest absolute Gasteiger partial charge is 0.0547 e. The van der Waals surface area contributed by atoms with Crippen molar-refractivity contribution >= 4 is 82.0 Å². The Hall–Kier alpha value is -7.94. The molecule has 0 aliphatic carbocycles. The number of fused-ring (bicyclic) bond motifs is 9. The fourth-order valence-electron chi connectivity index (χ4n) is 9.52. The molecule has 2 heteroatoms. The maximum absolute atomic E-state index is 2.42. The highest BCUT2D eigenvalue weighted by Gasteiger charge is 2.20. The first kappa shape index (κ1) is 34.1. The van der Waals surface area contributed by atoms with Gasteiger partial charge in [0.25, 0.3) is 0 Å². The Morgan fingerprint density at radius 2 is 0.833 bits per heavy atom. The minimum absolute atomic E-state index is 1.10. The molecular formula is C58H38N2. The molecule has 0 aliphatic rings. The van der Waals surface area contributed by atoms with E-state index in [2.05, 4.69) is 240 Å². The van der Waals surface area contributed by atoms with Gasteiger partial charge in [0.05, 0.1) is 11.0 Å². The first-order chi connectivity index (χ1) is 29.7. The molecule has 0 N–H and O–H groups in total. The van der Waals surface area contributed by atoms with Crippen LogP contribution in [0.2, 0.25) is 0 Å². The molecule has 1 heterocycles. The lowest BCUT2D eigenvalue weighted by Gasteiger charge is -2.27. The normalized spacial score (nSPS) is 11.7. The molecule has 0 saturated heterocycles. The summed E-state index contributed by atoms with van der Waals surface area (Å²) in [5, 5.41) is 12.5. The van der Waals surface area contributed by atoms with Gasteiger partial charge in [0.1, 0.15) is 0 Å². The molecule has 0 atom stereocenters. The van der Waals surface area contributed by atoms with Crippen molar-refractivity contribution in [3.8, 4) is 27.9 Å². The lowest BCUT2D eigenvalue weighted by atomic mass is 9.96. The van der Waals surface area contributed by atoms with Crippen LogP contribution in [0, 0.1) is 0 Å². The van der Waals surface area contributed by atoms with E-state index in [0.717, 1.165) is 22.7 Å². The molecule has 60 heavy (non-hydrogen) atoms. The van der Waals surface area contributed by atoms with Crippen LogP contribution in [-0.4, -0.2) is 4.57 Å². The fraction of sp³-hybridized carbons (Fsp3) is 0. The largest absolute Gasteiger partial charge is 0.310 e. The van der Waals surface area contributed by atoms with Gasteiger partial charge < -0.3 is 9.47 Å². The summed E-state index contributed by atoms with van der Waals surface area (Å²) in [4.78, 5) is 2.42. The van der Waals surface area contributed by atoms with Crippen molar-refractivity contribution in [2.75, 3.05) is 4.90 Å². The van der Waals surface area contributed by atoms with Crippen LogP contribution in [0.3, 0.4) is 0 Å². The van der Waals surface area contributed by atoms with Crippen LogP contribution < -0.4 is 4.90 Å². The van der Waals surface area contributed by atoms with E-state index in [4.69, 9.17) is 0 Å². The third-order valence-electron chi connectivity index (χ3n) is 12.3. The zero-order valence-corrected chi connectivity index (χ0v) is 32.8. The number of rotatable bonds is 6. The molecule has 11 aromatic carbocycles. The van der Waals surface area contributed by atoms with Crippen molar-refractivity contribution in [1.82, 2.24) is 4.57 Å². The Kier molecular flexibility index (Phi) is 7.89. The Morgan fingerprint density at radius 1 is 0.283 bits per heavy atom. The van der Waals surface area contributed by atoms with Crippen LogP contribution in [0.25, 0.3) is 92.8 Å². The summed E-state index contributed by atoms with van der Waals surface area (Å²) in [6.07, 6.45) is 0. The molecule has 0 spiro atoms. The molecule has 0 unspecified atom stereocenters. The minimum Gasteiger partial charge on any atom is -0.310 e. The lowest BCUT2D eigenvalue weighted by molar-refractivity contribution is 1.18. The molecule has 280 valence electrons. The van der Waals surface area contributed by atoms with Gasteiger partial charge in [-0.15, -0.1) is 0 Å². The molecule has 0 radical (unpaired) electrons. The van der Waals surface area contributed by atoms with Gasteiger partial charge in [-0.3, -0.25) is 0 Å². The van der Waals surface area contributed by atoms with Crippen LogP contribution in [0.5, 0.6) is 0 Å². The van der Waals surface area contributed by atoms with Gasteiger partial charge in [0, 0.05) is 33.5 Å². The number of nitrogens with zero attached hydrogens (tertiary/aromatic N) is 2. The number of hydrogen-bond acceptors (Lipinski definition) is 1. The van der Waals surface area contributed by atoms with Crippen LogP contribution >= 0.6 is 0 Å². The van der Waals surface area contributed by atoms with Gasteiger partial charge in [0.15, 0.2) is 0 Å². The van der Waals surface area contributed by atoms with Gasteiger partial charge in [-0.25, -0.2) is 0 Å².